The highest BCUT2D eigenvalue weighted by molar-refractivity contribution is 5.30. The second kappa shape index (κ2) is 7.63. The second-order valence-corrected chi connectivity index (χ2v) is 6.08. The van der Waals surface area contributed by atoms with Crippen LogP contribution >= 0.6 is 0 Å². The third kappa shape index (κ3) is 3.72. The van der Waals surface area contributed by atoms with Gasteiger partial charge in [-0.05, 0) is 56.3 Å². The maximum absolute atomic E-state index is 5.52. The van der Waals surface area contributed by atoms with Gasteiger partial charge >= 0.3 is 0 Å². The summed E-state index contributed by atoms with van der Waals surface area (Å²) in [4.78, 5) is 4.63. The van der Waals surface area contributed by atoms with Gasteiger partial charge in [-0.15, -0.1) is 0 Å². The summed E-state index contributed by atoms with van der Waals surface area (Å²) in [6.45, 7) is 6.79. The molecule has 0 radical (unpaired) electrons. The summed E-state index contributed by atoms with van der Waals surface area (Å²) in [5, 5.41) is 3.59. The van der Waals surface area contributed by atoms with Crippen molar-refractivity contribution in [2.24, 2.45) is 11.8 Å². The molecule has 1 fully saturated rings. The van der Waals surface area contributed by atoms with Crippen molar-refractivity contribution in [3.05, 3.63) is 24.0 Å². The van der Waals surface area contributed by atoms with Crippen LogP contribution in [0.25, 0.3) is 0 Å². The van der Waals surface area contributed by atoms with E-state index < -0.39 is 0 Å². The van der Waals surface area contributed by atoms with Crippen LogP contribution in [0.5, 0.6) is 5.75 Å². The van der Waals surface area contributed by atoms with Gasteiger partial charge in [0.2, 0.25) is 0 Å². The van der Waals surface area contributed by atoms with Crippen LogP contribution < -0.4 is 10.1 Å². The molecule has 0 spiro atoms. The maximum atomic E-state index is 5.52. The Bertz CT molecular complexity index is 408. The molecule has 0 bridgehead atoms. The van der Waals surface area contributed by atoms with E-state index in [0.717, 1.165) is 30.5 Å². The van der Waals surface area contributed by atoms with Crippen molar-refractivity contribution >= 4 is 0 Å². The monoisotopic (exact) mass is 276 g/mol. The van der Waals surface area contributed by atoms with Gasteiger partial charge in [0, 0.05) is 12.1 Å². The first-order valence-electron chi connectivity index (χ1n) is 7.95. The Morgan fingerprint density at radius 2 is 2.25 bits per heavy atom. The first-order valence-corrected chi connectivity index (χ1v) is 7.95. The Kier molecular flexibility index (Phi) is 5.84. The number of aromatic nitrogens is 1. The van der Waals surface area contributed by atoms with E-state index in [1.165, 1.54) is 25.7 Å². The van der Waals surface area contributed by atoms with E-state index in [0.29, 0.717) is 11.8 Å². The molecule has 1 aliphatic rings. The zero-order chi connectivity index (χ0) is 14.4. The van der Waals surface area contributed by atoms with E-state index in [-0.39, 0.29) is 0 Å². The lowest BCUT2D eigenvalue weighted by molar-refractivity contribution is 0.233. The molecule has 20 heavy (non-hydrogen) atoms. The van der Waals surface area contributed by atoms with Crippen molar-refractivity contribution in [3.8, 4) is 5.75 Å². The highest BCUT2D eigenvalue weighted by atomic mass is 16.5. The van der Waals surface area contributed by atoms with Crippen LogP contribution in [0.4, 0.5) is 0 Å². The lowest BCUT2D eigenvalue weighted by atomic mass is 9.73. The van der Waals surface area contributed by atoms with E-state index in [2.05, 4.69) is 24.1 Å². The minimum absolute atomic E-state index is 0.527. The van der Waals surface area contributed by atoms with Crippen molar-refractivity contribution in [2.45, 2.75) is 45.4 Å². The second-order valence-electron chi connectivity index (χ2n) is 6.08. The minimum Gasteiger partial charge on any atom is -0.495 e. The Morgan fingerprint density at radius 3 is 3.00 bits per heavy atom. The van der Waals surface area contributed by atoms with Gasteiger partial charge in [-0.3, -0.25) is 4.98 Å². The molecule has 3 heteroatoms. The number of hydrogen-bond donors (Lipinski definition) is 1. The third-order valence-corrected chi connectivity index (χ3v) is 4.46. The zero-order valence-electron chi connectivity index (χ0n) is 13.1. The van der Waals surface area contributed by atoms with E-state index in [9.17, 15) is 0 Å². The minimum atomic E-state index is 0.527. The normalized spacial score (nSPS) is 26.4. The van der Waals surface area contributed by atoms with Crippen LogP contribution in [0.2, 0.25) is 0 Å². The lowest BCUT2D eigenvalue weighted by Crippen LogP contribution is -2.32. The first-order chi connectivity index (χ1) is 9.76. The SMILES string of the molecule is CCCNCC1CCC(C)CC1c1ncccc1OC. The van der Waals surface area contributed by atoms with E-state index in [4.69, 9.17) is 4.74 Å². The number of hydrogen-bond acceptors (Lipinski definition) is 3. The first kappa shape index (κ1) is 15.3. The summed E-state index contributed by atoms with van der Waals surface area (Å²) in [5.41, 5.74) is 1.16. The Morgan fingerprint density at radius 1 is 1.40 bits per heavy atom. The van der Waals surface area contributed by atoms with E-state index in [1.807, 2.05) is 18.3 Å². The summed E-state index contributed by atoms with van der Waals surface area (Å²) in [5.74, 6) is 2.95. The molecule has 3 atom stereocenters. The number of methoxy groups -OCH3 is 1. The molecule has 1 aromatic rings. The van der Waals surface area contributed by atoms with Crippen LogP contribution in [-0.4, -0.2) is 25.2 Å². The summed E-state index contributed by atoms with van der Waals surface area (Å²) in [7, 11) is 1.75. The predicted octanol–water partition coefficient (Wildman–Crippen LogP) is 3.61. The van der Waals surface area contributed by atoms with Gasteiger partial charge in [0.25, 0.3) is 0 Å². The number of nitrogens with one attached hydrogen (secondary N) is 1. The fourth-order valence-electron chi connectivity index (χ4n) is 3.34. The van der Waals surface area contributed by atoms with Crippen LogP contribution in [0.15, 0.2) is 18.3 Å². The van der Waals surface area contributed by atoms with Crippen molar-refractivity contribution in [1.29, 1.82) is 0 Å². The Balaban J connectivity index is 2.14. The van der Waals surface area contributed by atoms with Crippen LogP contribution in [0.1, 0.15) is 51.1 Å². The highest BCUT2D eigenvalue weighted by Crippen LogP contribution is 2.42. The highest BCUT2D eigenvalue weighted by Gasteiger charge is 2.32. The Labute approximate surface area is 123 Å². The number of nitrogens with zero attached hydrogens (tertiary/aromatic N) is 1. The van der Waals surface area contributed by atoms with Crippen LogP contribution in [0.3, 0.4) is 0 Å². The quantitative estimate of drug-likeness (QED) is 0.806. The summed E-state index contributed by atoms with van der Waals surface area (Å²) < 4.78 is 5.52. The van der Waals surface area contributed by atoms with Gasteiger partial charge in [-0.1, -0.05) is 20.3 Å². The molecule has 1 saturated carbocycles. The molecule has 3 nitrogen and oxygen atoms in total. The van der Waals surface area contributed by atoms with Crippen molar-refractivity contribution in [3.63, 3.8) is 0 Å². The van der Waals surface area contributed by atoms with Crippen LogP contribution in [-0.2, 0) is 0 Å². The molecular weight excluding hydrogens is 248 g/mol. The molecule has 112 valence electrons. The van der Waals surface area contributed by atoms with Gasteiger partial charge in [-0.2, -0.15) is 0 Å². The van der Waals surface area contributed by atoms with Crippen molar-refractivity contribution in [1.82, 2.24) is 10.3 Å². The molecule has 2 rings (SSSR count). The smallest absolute Gasteiger partial charge is 0.140 e. The van der Waals surface area contributed by atoms with Crippen molar-refractivity contribution < 1.29 is 4.74 Å². The van der Waals surface area contributed by atoms with E-state index >= 15 is 0 Å². The molecule has 1 aromatic heterocycles. The molecule has 1 aliphatic carbocycles. The molecule has 0 aromatic carbocycles. The molecule has 0 amide bonds. The van der Waals surface area contributed by atoms with Crippen molar-refractivity contribution in [2.75, 3.05) is 20.2 Å². The zero-order valence-corrected chi connectivity index (χ0v) is 13.1. The average Bonchev–Trinajstić information content (AvgIpc) is 2.49. The Hall–Kier alpha value is -1.09. The fourth-order valence-corrected chi connectivity index (χ4v) is 3.34. The van der Waals surface area contributed by atoms with E-state index in [1.54, 1.807) is 7.11 Å². The van der Waals surface area contributed by atoms with Gasteiger partial charge in [0.1, 0.15) is 5.75 Å². The average molecular weight is 276 g/mol. The summed E-state index contributed by atoms with van der Waals surface area (Å²) in [6, 6.07) is 4.00. The third-order valence-electron chi connectivity index (χ3n) is 4.46. The maximum Gasteiger partial charge on any atom is 0.140 e. The topological polar surface area (TPSA) is 34.2 Å². The van der Waals surface area contributed by atoms with Gasteiger partial charge < -0.3 is 10.1 Å². The molecule has 3 unspecified atom stereocenters. The number of pyridine rings is 1. The summed E-state index contributed by atoms with van der Waals surface area (Å²) >= 11 is 0. The number of ether oxygens (including phenoxy) is 1. The molecule has 0 aliphatic heterocycles. The molecular formula is C17H28N2O. The molecule has 0 saturated heterocycles. The lowest BCUT2D eigenvalue weighted by Gasteiger charge is -2.35. The van der Waals surface area contributed by atoms with Crippen LogP contribution in [0, 0.1) is 11.8 Å². The standard InChI is InChI=1S/C17H28N2O/c1-4-9-18-12-14-8-7-13(2)11-15(14)17-16(20-3)6-5-10-19-17/h5-6,10,13-15,18H,4,7-9,11-12H2,1-3H3. The fraction of sp³-hybridized carbons (Fsp3) is 0.706. The predicted molar refractivity (Wildman–Crippen MR) is 83.2 cm³/mol. The van der Waals surface area contributed by atoms with Gasteiger partial charge in [0.15, 0.2) is 0 Å². The largest absolute Gasteiger partial charge is 0.495 e. The number of rotatable bonds is 6. The summed E-state index contributed by atoms with van der Waals surface area (Å²) in [6.07, 6.45) is 6.95. The van der Waals surface area contributed by atoms with Gasteiger partial charge in [0.05, 0.1) is 12.8 Å². The van der Waals surface area contributed by atoms with Gasteiger partial charge in [-0.25, -0.2) is 0 Å². The molecule has 1 N–H and O–H groups in total. The molecule has 1 heterocycles.